The molecule has 2 heterocycles. The molecule has 6 nitrogen and oxygen atoms in total. The number of hydrogen-bond acceptors (Lipinski definition) is 3. The van der Waals surface area contributed by atoms with Crippen molar-refractivity contribution in [3.8, 4) is 0 Å². The lowest BCUT2D eigenvalue weighted by Gasteiger charge is -2.33. The first-order chi connectivity index (χ1) is 8.91. The number of carbonyl (C=O) groups excluding carboxylic acids is 1. The number of amides is 1. The Hall–Kier alpha value is -1.56. The number of carbonyl (C=O) groups is 1. The molecule has 2 rings (SSSR count). The van der Waals surface area contributed by atoms with Crippen LogP contribution in [0.3, 0.4) is 0 Å². The molecule has 1 aliphatic rings. The number of aromatic nitrogens is 1. The van der Waals surface area contributed by atoms with E-state index < -0.39 is 4.92 Å². The average Bonchev–Trinajstić information content (AvgIpc) is 2.74. The Labute approximate surface area is 116 Å². The molecule has 0 aliphatic carbocycles. The van der Waals surface area contributed by atoms with Gasteiger partial charge in [0.1, 0.15) is 0 Å². The number of halogens is 1. The minimum absolute atomic E-state index is 0.0800. The maximum atomic E-state index is 12.3. The number of rotatable bonds is 2. The lowest BCUT2D eigenvalue weighted by atomic mass is 9.99. The maximum Gasteiger partial charge on any atom is 0.323 e. The number of nitrogens with zero attached hydrogens (tertiary/aromatic N) is 3. The minimum Gasteiger partial charge on any atom is -0.358 e. The van der Waals surface area contributed by atoms with Crippen LogP contribution < -0.4 is 0 Å². The van der Waals surface area contributed by atoms with E-state index in [1.807, 2.05) is 6.92 Å². The van der Waals surface area contributed by atoms with Crippen LogP contribution in [0.25, 0.3) is 0 Å². The molecule has 1 aromatic heterocycles. The molecule has 19 heavy (non-hydrogen) atoms. The number of likely N-dealkylation sites (tertiary alicyclic amines) is 1. The zero-order chi connectivity index (χ0) is 14.2. The van der Waals surface area contributed by atoms with Gasteiger partial charge in [-0.05, 0) is 23.3 Å². The summed E-state index contributed by atoms with van der Waals surface area (Å²) in [4.78, 5) is 24.3. The van der Waals surface area contributed by atoms with E-state index in [-0.39, 0.29) is 23.0 Å². The molecule has 1 aromatic rings. The molecule has 0 radical (unpaired) electrons. The van der Waals surface area contributed by atoms with E-state index in [0.29, 0.717) is 18.8 Å². The van der Waals surface area contributed by atoms with Crippen molar-refractivity contribution in [2.24, 2.45) is 13.0 Å². The first kappa shape index (κ1) is 13.9. The predicted molar refractivity (Wildman–Crippen MR) is 71.4 cm³/mol. The van der Waals surface area contributed by atoms with Crippen LogP contribution in [-0.4, -0.2) is 38.8 Å². The largest absolute Gasteiger partial charge is 0.358 e. The van der Waals surface area contributed by atoms with Crippen LogP contribution in [0.15, 0.2) is 12.1 Å². The lowest BCUT2D eigenvalue weighted by Crippen LogP contribution is -2.43. The normalized spacial score (nSPS) is 23.4. The highest BCUT2D eigenvalue weighted by Gasteiger charge is 2.31. The quantitative estimate of drug-likeness (QED) is 0.474. The predicted octanol–water partition coefficient (Wildman–Crippen LogP) is 2.02. The van der Waals surface area contributed by atoms with Gasteiger partial charge in [0.2, 0.25) is 0 Å². The molecule has 104 valence electrons. The number of hydrogen-bond donors (Lipinski definition) is 0. The summed E-state index contributed by atoms with van der Waals surface area (Å²) in [5.74, 6) is -0.0238. The fourth-order valence-electron chi connectivity index (χ4n) is 2.36. The molecule has 2 unspecified atom stereocenters. The highest BCUT2D eigenvalue weighted by Crippen LogP contribution is 2.24. The van der Waals surface area contributed by atoms with Gasteiger partial charge >= 0.3 is 5.82 Å². The van der Waals surface area contributed by atoms with E-state index in [1.54, 1.807) is 4.90 Å². The van der Waals surface area contributed by atoms with Gasteiger partial charge < -0.3 is 15.0 Å². The standard InChI is InChI=1S/C12H16ClN3O3/c1-8-7-15(6-5-9(8)13)12(17)10-3-4-11(14(10)2)16(18)19/h3-4,8-9H,5-7H2,1-2H3. The second-order valence-electron chi connectivity index (χ2n) is 4.93. The second-order valence-corrected chi connectivity index (χ2v) is 5.49. The smallest absolute Gasteiger partial charge is 0.323 e. The summed E-state index contributed by atoms with van der Waals surface area (Å²) in [5.41, 5.74) is 0.340. The Morgan fingerprint density at radius 3 is 2.74 bits per heavy atom. The zero-order valence-corrected chi connectivity index (χ0v) is 11.6. The van der Waals surface area contributed by atoms with Gasteiger partial charge in [-0.3, -0.25) is 4.79 Å². The highest BCUT2D eigenvalue weighted by atomic mass is 35.5. The van der Waals surface area contributed by atoms with Gasteiger partial charge in [-0.25, -0.2) is 4.57 Å². The van der Waals surface area contributed by atoms with E-state index in [2.05, 4.69) is 0 Å². The van der Waals surface area contributed by atoms with E-state index >= 15 is 0 Å². The van der Waals surface area contributed by atoms with Crippen LogP contribution in [0.4, 0.5) is 5.82 Å². The molecule has 0 saturated carbocycles. The summed E-state index contributed by atoms with van der Waals surface area (Å²) in [5, 5.41) is 10.9. The fourth-order valence-corrected chi connectivity index (χ4v) is 2.54. The minimum atomic E-state index is -0.496. The van der Waals surface area contributed by atoms with Gasteiger partial charge in [0.15, 0.2) is 5.69 Å². The van der Waals surface area contributed by atoms with Crippen molar-refractivity contribution >= 4 is 23.3 Å². The van der Waals surface area contributed by atoms with E-state index in [4.69, 9.17) is 11.6 Å². The highest BCUT2D eigenvalue weighted by molar-refractivity contribution is 6.20. The Bertz CT molecular complexity index is 514. The molecule has 0 N–H and O–H groups in total. The van der Waals surface area contributed by atoms with Crippen LogP contribution >= 0.6 is 11.6 Å². The van der Waals surface area contributed by atoms with Crippen LogP contribution in [0, 0.1) is 16.0 Å². The topological polar surface area (TPSA) is 68.4 Å². The molecule has 7 heteroatoms. The van der Waals surface area contributed by atoms with Gasteiger partial charge in [0.05, 0.1) is 7.05 Å². The third-order valence-corrected chi connectivity index (χ3v) is 4.24. The van der Waals surface area contributed by atoms with Crippen LogP contribution in [0.2, 0.25) is 0 Å². The van der Waals surface area contributed by atoms with Gasteiger partial charge in [0.25, 0.3) is 5.91 Å². The number of alkyl halides is 1. The van der Waals surface area contributed by atoms with Crippen LogP contribution in [0.1, 0.15) is 23.8 Å². The molecule has 1 aliphatic heterocycles. The van der Waals surface area contributed by atoms with Crippen molar-refractivity contribution in [1.82, 2.24) is 9.47 Å². The van der Waals surface area contributed by atoms with Crippen molar-refractivity contribution in [1.29, 1.82) is 0 Å². The fraction of sp³-hybridized carbons (Fsp3) is 0.583. The maximum absolute atomic E-state index is 12.3. The van der Waals surface area contributed by atoms with Crippen molar-refractivity contribution < 1.29 is 9.72 Å². The Morgan fingerprint density at radius 2 is 2.21 bits per heavy atom. The number of nitro groups is 1. The van der Waals surface area contributed by atoms with Gasteiger partial charge in [-0.2, -0.15) is 0 Å². The van der Waals surface area contributed by atoms with E-state index in [1.165, 1.54) is 23.7 Å². The Morgan fingerprint density at radius 1 is 1.53 bits per heavy atom. The third kappa shape index (κ3) is 2.58. The molecule has 0 spiro atoms. The summed E-state index contributed by atoms with van der Waals surface area (Å²) in [6, 6.07) is 2.85. The molecule has 0 aromatic carbocycles. The molecule has 1 saturated heterocycles. The zero-order valence-electron chi connectivity index (χ0n) is 10.9. The summed E-state index contributed by atoms with van der Waals surface area (Å²) >= 11 is 6.13. The van der Waals surface area contributed by atoms with Gasteiger partial charge in [0, 0.05) is 24.5 Å². The monoisotopic (exact) mass is 285 g/mol. The Kier molecular flexibility index (Phi) is 3.80. The third-order valence-electron chi connectivity index (χ3n) is 3.59. The second kappa shape index (κ2) is 5.21. The van der Waals surface area contributed by atoms with Crippen molar-refractivity contribution in [3.05, 3.63) is 27.9 Å². The van der Waals surface area contributed by atoms with Gasteiger partial charge in [-0.15, -0.1) is 11.6 Å². The molecule has 1 amide bonds. The molecule has 0 bridgehead atoms. The summed E-state index contributed by atoms with van der Waals surface area (Å²) in [6.45, 7) is 3.19. The summed E-state index contributed by atoms with van der Waals surface area (Å²) in [7, 11) is 1.53. The van der Waals surface area contributed by atoms with Crippen molar-refractivity contribution in [3.63, 3.8) is 0 Å². The number of piperidine rings is 1. The van der Waals surface area contributed by atoms with E-state index in [0.717, 1.165) is 6.42 Å². The SMILES string of the molecule is CC1CN(C(=O)c2ccc([N+](=O)[O-])n2C)CCC1Cl. The molecule has 1 fully saturated rings. The summed E-state index contributed by atoms with van der Waals surface area (Å²) in [6.07, 6.45) is 0.751. The molecule has 2 atom stereocenters. The van der Waals surface area contributed by atoms with E-state index in [9.17, 15) is 14.9 Å². The van der Waals surface area contributed by atoms with Crippen molar-refractivity contribution in [2.75, 3.05) is 13.1 Å². The lowest BCUT2D eigenvalue weighted by molar-refractivity contribution is -0.391. The van der Waals surface area contributed by atoms with Crippen molar-refractivity contribution in [2.45, 2.75) is 18.7 Å². The first-order valence-electron chi connectivity index (χ1n) is 6.15. The molecular formula is C12H16ClN3O3. The average molecular weight is 286 g/mol. The Balaban J connectivity index is 2.18. The van der Waals surface area contributed by atoms with Crippen LogP contribution in [-0.2, 0) is 7.05 Å². The van der Waals surface area contributed by atoms with Crippen LogP contribution in [0.5, 0.6) is 0 Å². The van der Waals surface area contributed by atoms with Gasteiger partial charge in [-0.1, -0.05) is 6.92 Å². The summed E-state index contributed by atoms with van der Waals surface area (Å²) < 4.78 is 1.32. The first-order valence-corrected chi connectivity index (χ1v) is 6.59. The molecular weight excluding hydrogens is 270 g/mol.